The van der Waals surface area contributed by atoms with Gasteiger partial charge < -0.3 is 10.1 Å². The number of nitrogens with one attached hydrogen (secondary N) is 1. The van der Waals surface area contributed by atoms with E-state index in [4.69, 9.17) is 4.74 Å². The molecule has 20 heavy (non-hydrogen) atoms. The van der Waals surface area contributed by atoms with Gasteiger partial charge in [-0.1, -0.05) is 6.07 Å². The largest absolute Gasteiger partial charge is 0.373 e. The Morgan fingerprint density at radius 2 is 2.40 bits per heavy atom. The molecule has 2 aromatic heterocycles. The zero-order valence-electron chi connectivity index (χ0n) is 11.6. The number of aromatic nitrogens is 1. The molecule has 0 bridgehead atoms. The van der Waals surface area contributed by atoms with Gasteiger partial charge in [-0.25, -0.2) is 4.98 Å². The van der Waals surface area contributed by atoms with Crippen molar-refractivity contribution in [3.8, 4) is 0 Å². The highest BCUT2D eigenvalue weighted by molar-refractivity contribution is 7.07. The van der Waals surface area contributed by atoms with Gasteiger partial charge in [0.1, 0.15) is 11.9 Å². The maximum Gasteiger partial charge on any atom is 0.126 e. The van der Waals surface area contributed by atoms with E-state index in [1.165, 1.54) is 5.56 Å². The summed E-state index contributed by atoms with van der Waals surface area (Å²) in [6, 6.07) is 8.22. The SMILES string of the molecule is CNc1cccc([C@H]2CN(Cc3ccsc3)CCO2)n1. The van der Waals surface area contributed by atoms with Crippen molar-refractivity contribution in [2.24, 2.45) is 0 Å². The van der Waals surface area contributed by atoms with Crippen molar-refractivity contribution in [1.29, 1.82) is 0 Å². The number of hydrogen-bond donors (Lipinski definition) is 1. The van der Waals surface area contributed by atoms with E-state index in [1.807, 2.05) is 25.2 Å². The quantitative estimate of drug-likeness (QED) is 0.939. The molecule has 1 atom stereocenters. The van der Waals surface area contributed by atoms with Crippen LogP contribution in [0.25, 0.3) is 0 Å². The molecule has 1 fully saturated rings. The van der Waals surface area contributed by atoms with Crippen molar-refractivity contribution in [3.63, 3.8) is 0 Å². The molecule has 2 aromatic rings. The predicted molar refractivity (Wildman–Crippen MR) is 82.1 cm³/mol. The van der Waals surface area contributed by atoms with Gasteiger partial charge >= 0.3 is 0 Å². The first-order valence-electron chi connectivity index (χ1n) is 6.85. The molecule has 1 aliphatic rings. The number of anilines is 1. The molecule has 1 saturated heterocycles. The maximum absolute atomic E-state index is 5.88. The smallest absolute Gasteiger partial charge is 0.126 e. The number of hydrogen-bond acceptors (Lipinski definition) is 5. The first kappa shape index (κ1) is 13.5. The molecule has 0 aliphatic carbocycles. The van der Waals surface area contributed by atoms with Crippen molar-refractivity contribution in [2.45, 2.75) is 12.6 Å². The average molecular weight is 289 g/mol. The van der Waals surface area contributed by atoms with Crippen LogP contribution >= 0.6 is 11.3 Å². The number of rotatable bonds is 4. The van der Waals surface area contributed by atoms with Crippen LogP contribution < -0.4 is 5.32 Å². The second-order valence-corrected chi connectivity index (χ2v) is 5.70. The highest BCUT2D eigenvalue weighted by atomic mass is 32.1. The van der Waals surface area contributed by atoms with Gasteiger partial charge in [-0.15, -0.1) is 0 Å². The molecule has 4 nitrogen and oxygen atoms in total. The third kappa shape index (κ3) is 3.17. The van der Waals surface area contributed by atoms with E-state index in [9.17, 15) is 0 Å². The molecule has 0 aromatic carbocycles. The summed E-state index contributed by atoms with van der Waals surface area (Å²) in [4.78, 5) is 7.02. The van der Waals surface area contributed by atoms with Gasteiger partial charge in [-0.3, -0.25) is 4.90 Å². The van der Waals surface area contributed by atoms with Crippen LogP contribution in [0.5, 0.6) is 0 Å². The number of thiophene rings is 1. The number of ether oxygens (including phenoxy) is 1. The summed E-state index contributed by atoms with van der Waals surface area (Å²) in [5.41, 5.74) is 2.39. The Morgan fingerprint density at radius 3 is 3.20 bits per heavy atom. The highest BCUT2D eigenvalue weighted by Gasteiger charge is 2.23. The number of morpholine rings is 1. The minimum Gasteiger partial charge on any atom is -0.373 e. The second kappa shape index (κ2) is 6.35. The lowest BCUT2D eigenvalue weighted by Crippen LogP contribution is -2.38. The Balaban J connectivity index is 1.68. The number of pyridine rings is 1. The Kier molecular flexibility index (Phi) is 4.30. The van der Waals surface area contributed by atoms with Crippen LogP contribution in [0.4, 0.5) is 5.82 Å². The monoisotopic (exact) mass is 289 g/mol. The fourth-order valence-electron chi connectivity index (χ4n) is 2.44. The lowest BCUT2D eigenvalue weighted by atomic mass is 10.1. The molecule has 0 saturated carbocycles. The third-order valence-corrected chi connectivity index (χ3v) is 4.23. The minimum atomic E-state index is 0.0654. The van der Waals surface area contributed by atoms with E-state index in [1.54, 1.807) is 11.3 Å². The number of nitrogens with zero attached hydrogens (tertiary/aromatic N) is 2. The summed E-state index contributed by atoms with van der Waals surface area (Å²) in [6.07, 6.45) is 0.0654. The highest BCUT2D eigenvalue weighted by Crippen LogP contribution is 2.23. The summed E-state index contributed by atoms with van der Waals surface area (Å²) in [5, 5.41) is 7.42. The lowest BCUT2D eigenvalue weighted by molar-refractivity contribution is -0.0348. The zero-order chi connectivity index (χ0) is 13.8. The molecule has 0 radical (unpaired) electrons. The average Bonchev–Trinajstić information content (AvgIpc) is 3.00. The molecule has 1 N–H and O–H groups in total. The molecule has 5 heteroatoms. The standard InChI is InChI=1S/C15H19N3OS/c1-16-15-4-2-3-13(17-15)14-10-18(6-7-19-14)9-12-5-8-20-11-12/h2-5,8,11,14H,6-7,9-10H2,1H3,(H,16,17)/t14-/m1/s1. The summed E-state index contributed by atoms with van der Waals surface area (Å²) in [7, 11) is 1.89. The summed E-state index contributed by atoms with van der Waals surface area (Å²) < 4.78 is 5.88. The van der Waals surface area contributed by atoms with Gasteiger partial charge in [-0.2, -0.15) is 11.3 Å². The fourth-order valence-corrected chi connectivity index (χ4v) is 3.10. The van der Waals surface area contributed by atoms with Gasteiger partial charge in [0.25, 0.3) is 0 Å². The van der Waals surface area contributed by atoms with Crippen molar-refractivity contribution >= 4 is 17.2 Å². The minimum absolute atomic E-state index is 0.0654. The predicted octanol–water partition coefficient (Wildman–Crippen LogP) is 2.76. The fraction of sp³-hybridized carbons (Fsp3) is 0.400. The van der Waals surface area contributed by atoms with Crippen molar-refractivity contribution < 1.29 is 4.74 Å². The molecule has 0 spiro atoms. The van der Waals surface area contributed by atoms with Crippen LogP contribution in [0.2, 0.25) is 0 Å². The van der Waals surface area contributed by atoms with Gasteiger partial charge in [0.2, 0.25) is 0 Å². The second-order valence-electron chi connectivity index (χ2n) is 4.92. The van der Waals surface area contributed by atoms with Crippen LogP contribution in [-0.2, 0) is 11.3 Å². The molecule has 0 amide bonds. The van der Waals surface area contributed by atoms with Crippen LogP contribution in [0, 0.1) is 0 Å². The summed E-state index contributed by atoms with van der Waals surface area (Å²) in [5.74, 6) is 0.890. The van der Waals surface area contributed by atoms with Crippen LogP contribution in [-0.4, -0.2) is 36.6 Å². The molecular weight excluding hydrogens is 270 g/mol. The van der Waals surface area contributed by atoms with Crippen molar-refractivity contribution in [1.82, 2.24) is 9.88 Å². The van der Waals surface area contributed by atoms with Gasteiger partial charge in [0.05, 0.1) is 12.3 Å². The van der Waals surface area contributed by atoms with Crippen LogP contribution in [0.1, 0.15) is 17.4 Å². The topological polar surface area (TPSA) is 37.4 Å². The molecular formula is C15H19N3OS. The molecule has 0 unspecified atom stereocenters. The summed E-state index contributed by atoms with van der Waals surface area (Å²) in [6.45, 7) is 3.64. The van der Waals surface area contributed by atoms with Crippen LogP contribution in [0.15, 0.2) is 35.0 Å². The van der Waals surface area contributed by atoms with E-state index in [0.717, 1.165) is 37.8 Å². The first-order valence-corrected chi connectivity index (χ1v) is 7.79. The lowest BCUT2D eigenvalue weighted by Gasteiger charge is -2.32. The van der Waals surface area contributed by atoms with E-state index in [2.05, 4.69) is 32.0 Å². The zero-order valence-corrected chi connectivity index (χ0v) is 12.4. The van der Waals surface area contributed by atoms with E-state index in [0.29, 0.717) is 0 Å². The molecule has 1 aliphatic heterocycles. The van der Waals surface area contributed by atoms with E-state index in [-0.39, 0.29) is 6.10 Å². The molecule has 3 heterocycles. The van der Waals surface area contributed by atoms with E-state index >= 15 is 0 Å². The van der Waals surface area contributed by atoms with Crippen molar-refractivity contribution in [3.05, 3.63) is 46.3 Å². The Morgan fingerprint density at radius 1 is 1.45 bits per heavy atom. The van der Waals surface area contributed by atoms with Crippen molar-refractivity contribution in [2.75, 3.05) is 32.1 Å². The Bertz CT molecular complexity index is 544. The Labute approximate surface area is 123 Å². The van der Waals surface area contributed by atoms with E-state index < -0.39 is 0 Å². The molecule has 106 valence electrons. The Hall–Kier alpha value is -1.43. The van der Waals surface area contributed by atoms with Crippen LogP contribution in [0.3, 0.4) is 0 Å². The van der Waals surface area contributed by atoms with Gasteiger partial charge in [0.15, 0.2) is 0 Å². The third-order valence-electron chi connectivity index (χ3n) is 3.49. The normalized spacial score (nSPS) is 19.9. The molecule has 3 rings (SSSR count). The van der Waals surface area contributed by atoms with Gasteiger partial charge in [0, 0.05) is 26.7 Å². The maximum atomic E-state index is 5.88. The first-order chi connectivity index (χ1) is 9.85. The van der Waals surface area contributed by atoms with Gasteiger partial charge in [-0.05, 0) is 34.5 Å². The summed E-state index contributed by atoms with van der Waals surface area (Å²) >= 11 is 1.75.